The Morgan fingerprint density at radius 1 is 1.53 bits per heavy atom. The second-order valence-electron chi connectivity index (χ2n) is 5.18. The Bertz CT molecular complexity index is 277. The summed E-state index contributed by atoms with van der Waals surface area (Å²) in [7, 11) is 0. The molecule has 0 radical (unpaired) electrons. The van der Waals surface area contributed by atoms with Crippen LogP contribution in [0.25, 0.3) is 0 Å². The molecule has 0 aromatic rings. The Hall–Kier alpha value is -0.650. The Morgan fingerprint density at radius 2 is 2.24 bits per heavy atom. The summed E-state index contributed by atoms with van der Waals surface area (Å²) in [6.07, 6.45) is 2.28. The molecule has 2 fully saturated rings. The van der Waals surface area contributed by atoms with Gasteiger partial charge in [0.1, 0.15) is 0 Å². The molecule has 2 saturated heterocycles. The van der Waals surface area contributed by atoms with Gasteiger partial charge < -0.3 is 20.5 Å². The van der Waals surface area contributed by atoms with E-state index in [1.54, 1.807) is 0 Å². The third kappa shape index (κ3) is 2.78. The molecule has 17 heavy (non-hydrogen) atoms. The molecule has 2 aliphatic heterocycles. The minimum Gasteiger partial charge on any atom is -0.394 e. The fraction of sp³-hybridized carbons (Fsp3) is 0.917. The van der Waals surface area contributed by atoms with Crippen LogP contribution in [0.1, 0.15) is 26.2 Å². The van der Waals surface area contributed by atoms with Gasteiger partial charge in [-0.1, -0.05) is 0 Å². The Labute approximate surface area is 102 Å². The van der Waals surface area contributed by atoms with Gasteiger partial charge in [-0.2, -0.15) is 0 Å². The van der Waals surface area contributed by atoms with Crippen molar-refractivity contribution in [3.05, 3.63) is 0 Å². The van der Waals surface area contributed by atoms with Crippen LogP contribution < -0.4 is 10.6 Å². The Balaban J connectivity index is 1.95. The lowest BCUT2D eigenvalue weighted by Gasteiger charge is -2.37. The molecule has 2 aliphatic rings. The number of hydrogen-bond acceptors (Lipinski definition) is 4. The zero-order chi connectivity index (χ0) is 12.3. The third-order valence-corrected chi connectivity index (χ3v) is 4.00. The van der Waals surface area contributed by atoms with Crippen LogP contribution in [-0.2, 0) is 9.53 Å². The van der Waals surface area contributed by atoms with E-state index in [1.165, 1.54) is 0 Å². The van der Waals surface area contributed by atoms with Crippen LogP contribution in [0.4, 0.5) is 0 Å². The number of carbonyl (C=O) groups excluding carboxylic acids is 1. The van der Waals surface area contributed by atoms with Gasteiger partial charge in [0.2, 0.25) is 5.91 Å². The van der Waals surface area contributed by atoms with Crippen LogP contribution in [-0.4, -0.2) is 49.0 Å². The van der Waals surface area contributed by atoms with Gasteiger partial charge >= 0.3 is 0 Å². The maximum absolute atomic E-state index is 12.2. The zero-order valence-corrected chi connectivity index (χ0v) is 10.4. The number of hydrogen-bond donors (Lipinski definition) is 3. The highest BCUT2D eigenvalue weighted by atomic mass is 16.5. The molecule has 2 heterocycles. The summed E-state index contributed by atoms with van der Waals surface area (Å²) >= 11 is 0. The number of aliphatic hydroxyl groups excluding tert-OH is 1. The minimum atomic E-state index is -0.461. The van der Waals surface area contributed by atoms with E-state index in [0.717, 1.165) is 13.0 Å². The lowest BCUT2D eigenvalue weighted by atomic mass is 9.89. The van der Waals surface area contributed by atoms with Gasteiger partial charge in [-0.05, 0) is 32.7 Å². The molecule has 0 aliphatic carbocycles. The highest BCUT2D eigenvalue weighted by Crippen LogP contribution is 2.23. The molecular formula is C12H22N2O3. The van der Waals surface area contributed by atoms with Gasteiger partial charge in [0.15, 0.2) is 0 Å². The number of carbonyl (C=O) groups is 1. The molecule has 0 saturated carbocycles. The molecule has 3 N–H and O–H groups in total. The summed E-state index contributed by atoms with van der Waals surface area (Å²) in [6, 6.07) is 0.227. The summed E-state index contributed by atoms with van der Waals surface area (Å²) in [5.74, 6) is 0.0970. The van der Waals surface area contributed by atoms with Crippen LogP contribution >= 0.6 is 0 Å². The molecule has 98 valence electrons. The normalized spacial score (nSPS) is 32.4. The molecule has 0 aromatic heterocycles. The van der Waals surface area contributed by atoms with Crippen molar-refractivity contribution in [2.75, 3.05) is 26.4 Å². The average Bonchev–Trinajstić information content (AvgIpc) is 2.77. The molecule has 2 rings (SSSR count). The van der Waals surface area contributed by atoms with Crippen molar-refractivity contribution in [2.24, 2.45) is 5.92 Å². The van der Waals surface area contributed by atoms with Gasteiger partial charge in [-0.3, -0.25) is 4.79 Å². The van der Waals surface area contributed by atoms with Crippen LogP contribution in [0.15, 0.2) is 0 Å². The number of nitrogens with one attached hydrogen (secondary N) is 2. The topological polar surface area (TPSA) is 70.6 Å². The summed E-state index contributed by atoms with van der Waals surface area (Å²) in [5, 5.41) is 15.8. The Morgan fingerprint density at radius 3 is 2.76 bits per heavy atom. The molecule has 5 nitrogen and oxygen atoms in total. The fourth-order valence-electron chi connectivity index (χ4n) is 2.66. The van der Waals surface area contributed by atoms with Crippen molar-refractivity contribution in [1.29, 1.82) is 0 Å². The summed E-state index contributed by atoms with van der Waals surface area (Å²) in [6.45, 7) is 4.15. The summed E-state index contributed by atoms with van der Waals surface area (Å²) < 4.78 is 5.28. The van der Waals surface area contributed by atoms with E-state index in [2.05, 4.69) is 10.6 Å². The first-order valence-electron chi connectivity index (χ1n) is 6.41. The quantitative estimate of drug-likeness (QED) is 0.632. The van der Waals surface area contributed by atoms with Crippen molar-refractivity contribution in [3.8, 4) is 0 Å². The smallest absolute Gasteiger partial charge is 0.225 e. The van der Waals surface area contributed by atoms with Crippen molar-refractivity contribution in [1.82, 2.24) is 10.6 Å². The van der Waals surface area contributed by atoms with E-state index in [0.29, 0.717) is 26.1 Å². The van der Waals surface area contributed by atoms with E-state index < -0.39 is 5.54 Å². The second kappa shape index (κ2) is 5.33. The van der Waals surface area contributed by atoms with E-state index in [9.17, 15) is 9.90 Å². The first-order valence-corrected chi connectivity index (χ1v) is 6.41. The monoisotopic (exact) mass is 242 g/mol. The van der Waals surface area contributed by atoms with Crippen molar-refractivity contribution in [2.45, 2.75) is 37.8 Å². The predicted molar refractivity (Wildman–Crippen MR) is 63.6 cm³/mol. The van der Waals surface area contributed by atoms with Crippen LogP contribution in [0.2, 0.25) is 0 Å². The molecule has 5 heteroatoms. The van der Waals surface area contributed by atoms with Gasteiger partial charge in [-0.15, -0.1) is 0 Å². The molecule has 2 atom stereocenters. The average molecular weight is 242 g/mol. The largest absolute Gasteiger partial charge is 0.394 e. The third-order valence-electron chi connectivity index (χ3n) is 4.00. The number of rotatable bonds is 3. The first-order chi connectivity index (χ1) is 8.17. The maximum Gasteiger partial charge on any atom is 0.225 e. The second-order valence-corrected chi connectivity index (χ2v) is 5.18. The zero-order valence-electron chi connectivity index (χ0n) is 10.4. The molecule has 0 bridgehead atoms. The van der Waals surface area contributed by atoms with E-state index in [1.807, 2.05) is 6.92 Å². The van der Waals surface area contributed by atoms with Crippen LogP contribution in [0.5, 0.6) is 0 Å². The molecule has 2 unspecified atom stereocenters. The lowest BCUT2D eigenvalue weighted by molar-refractivity contribution is -0.129. The number of amides is 1. The van der Waals surface area contributed by atoms with Crippen molar-refractivity contribution < 1.29 is 14.6 Å². The molecule has 1 amide bonds. The van der Waals surface area contributed by atoms with Gasteiger partial charge in [0.25, 0.3) is 0 Å². The SMILES string of the molecule is CC1NCCC1C(=O)NC1(CO)CCOCC1. The highest BCUT2D eigenvalue weighted by molar-refractivity contribution is 5.80. The Kier molecular flexibility index (Phi) is 4.01. The lowest BCUT2D eigenvalue weighted by Crippen LogP contribution is -2.56. The van der Waals surface area contributed by atoms with E-state index >= 15 is 0 Å². The number of ether oxygens (including phenoxy) is 1. The maximum atomic E-state index is 12.2. The number of aliphatic hydroxyl groups is 1. The summed E-state index contributed by atoms with van der Waals surface area (Å²) in [5.41, 5.74) is -0.461. The van der Waals surface area contributed by atoms with Crippen molar-refractivity contribution in [3.63, 3.8) is 0 Å². The standard InChI is InChI=1S/C12H22N2O3/c1-9-10(2-5-13-9)11(16)14-12(8-15)3-6-17-7-4-12/h9-10,13,15H,2-8H2,1H3,(H,14,16). The van der Waals surface area contributed by atoms with Gasteiger partial charge in [-0.25, -0.2) is 0 Å². The van der Waals surface area contributed by atoms with Crippen molar-refractivity contribution >= 4 is 5.91 Å². The summed E-state index contributed by atoms with van der Waals surface area (Å²) in [4.78, 5) is 12.2. The van der Waals surface area contributed by atoms with Gasteiger partial charge in [0, 0.05) is 19.3 Å². The molecular weight excluding hydrogens is 220 g/mol. The molecule has 0 spiro atoms. The first kappa shape index (κ1) is 12.8. The van der Waals surface area contributed by atoms with Gasteiger partial charge in [0.05, 0.1) is 18.1 Å². The molecule has 0 aromatic carbocycles. The minimum absolute atomic E-state index is 0.00334. The van der Waals surface area contributed by atoms with Crippen LogP contribution in [0, 0.1) is 5.92 Å². The predicted octanol–water partition coefficient (Wildman–Crippen LogP) is -0.358. The highest BCUT2D eigenvalue weighted by Gasteiger charge is 2.37. The fourth-order valence-corrected chi connectivity index (χ4v) is 2.66. The van der Waals surface area contributed by atoms with E-state index in [4.69, 9.17) is 4.74 Å². The van der Waals surface area contributed by atoms with E-state index in [-0.39, 0.29) is 24.5 Å². The van der Waals surface area contributed by atoms with Crippen LogP contribution in [0.3, 0.4) is 0 Å².